The maximum absolute atomic E-state index is 14.8. The van der Waals surface area contributed by atoms with Crippen molar-refractivity contribution in [3.05, 3.63) is 65.2 Å². The summed E-state index contributed by atoms with van der Waals surface area (Å²) in [5.74, 6) is -14.3. The third kappa shape index (κ3) is 4.65. The molecule has 0 unspecified atom stereocenters. The highest BCUT2D eigenvalue weighted by molar-refractivity contribution is 6.03. The Bertz CT molecular complexity index is 1150. The van der Waals surface area contributed by atoms with Crippen molar-refractivity contribution in [2.45, 2.75) is 56.9 Å². The van der Waals surface area contributed by atoms with Crippen molar-refractivity contribution in [1.82, 2.24) is 5.01 Å². The zero-order valence-corrected chi connectivity index (χ0v) is 19.4. The van der Waals surface area contributed by atoms with Crippen LogP contribution in [0.5, 0.6) is 5.75 Å². The highest BCUT2D eigenvalue weighted by atomic mass is 19.4. The van der Waals surface area contributed by atoms with Gasteiger partial charge in [-0.05, 0) is 35.6 Å². The molecule has 1 aliphatic rings. The zero-order chi connectivity index (χ0) is 27.1. The van der Waals surface area contributed by atoms with Crippen molar-refractivity contribution in [2.75, 3.05) is 6.61 Å². The summed E-state index contributed by atoms with van der Waals surface area (Å²) in [6.45, 7) is 4.28. The molecule has 0 fully saturated rings. The van der Waals surface area contributed by atoms with Crippen LogP contribution >= 0.6 is 0 Å². The second-order valence-electron chi connectivity index (χ2n) is 8.74. The summed E-state index contributed by atoms with van der Waals surface area (Å²) in [6.07, 6.45) is -8.20. The smallest absolute Gasteiger partial charge is 0.460 e. The maximum Gasteiger partial charge on any atom is 0.460 e. The maximum atomic E-state index is 14.8. The molecule has 0 saturated heterocycles. The number of aliphatic hydroxyl groups is 1. The average Bonchev–Trinajstić information content (AvgIpc) is 3.16. The van der Waals surface area contributed by atoms with Gasteiger partial charge in [-0.25, -0.2) is 0 Å². The first kappa shape index (κ1) is 27.4. The SMILES string of the molecule is Cc1ccc(C(C)C)c(OCC(=O)N2N=C(c3ccccc3)C[C@@]2(O)C(F)(F)C(F)(F)C(F)(F)F)c1. The summed E-state index contributed by atoms with van der Waals surface area (Å²) in [5, 5.41) is 13.8. The minimum atomic E-state index is -6.72. The van der Waals surface area contributed by atoms with Crippen LogP contribution in [0.1, 0.15) is 42.9 Å². The summed E-state index contributed by atoms with van der Waals surface area (Å²) < 4.78 is 102. The molecule has 1 atom stereocenters. The van der Waals surface area contributed by atoms with Gasteiger partial charge in [0.1, 0.15) is 5.75 Å². The van der Waals surface area contributed by atoms with Gasteiger partial charge >= 0.3 is 18.0 Å². The van der Waals surface area contributed by atoms with Crippen LogP contribution in [-0.2, 0) is 4.79 Å². The van der Waals surface area contributed by atoms with Gasteiger partial charge in [-0.1, -0.05) is 56.3 Å². The summed E-state index contributed by atoms with van der Waals surface area (Å²) in [7, 11) is 0. The van der Waals surface area contributed by atoms with E-state index in [1.54, 1.807) is 25.1 Å². The lowest BCUT2D eigenvalue weighted by molar-refractivity contribution is -0.401. The predicted octanol–water partition coefficient (Wildman–Crippen LogP) is 5.66. The van der Waals surface area contributed by atoms with Crippen LogP contribution in [0.2, 0.25) is 0 Å². The molecule has 0 radical (unpaired) electrons. The number of ether oxygens (including phenoxy) is 1. The molecular formula is C24H23F7N2O3. The molecule has 0 saturated carbocycles. The minimum absolute atomic E-state index is 0.0408. The Labute approximate surface area is 202 Å². The topological polar surface area (TPSA) is 62.1 Å². The zero-order valence-electron chi connectivity index (χ0n) is 19.4. The average molecular weight is 520 g/mol. The van der Waals surface area contributed by atoms with E-state index in [4.69, 9.17) is 4.74 Å². The molecule has 0 aromatic heterocycles. The Morgan fingerprint density at radius 2 is 1.69 bits per heavy atom. The number of hydrazone groups is 1. The van der Waals surface area contributed by atoms with Gasteiger partial charge in [0.25, 0.3) is 5.91 Å². The Hall–Kier alpha value is -3.15. The summed E-state index contributed by atoms with van der Waals surface area (Å²) in [5.41, 5.74) is -3.42. The number of nitrogens with zero attached hydrogens (tertiary/aromatic N) is 2. The Balaban J connectivity index is 2.01. The molecule has 12 heteroatoms. The number of alkyl halides is 7. The van der Waals surface area contributed by atoms with E-state index >= 15 is 0 Å². The van der Waals surface area contributed by atoms with E-state index in [1.165, 1.54) is 30.3 Å². The molecule has 196 valence electrons. The Kier molecular flexibility index (Phi) is 7.15. The predicted molar refractivity (Wildman–Crippen MR) is 116 cm³/mol. The van der Waals surface area contributed by atoms with Gasteiger partial charge in [-0.15, -0.1) is 0 Å². The quantitative estimate of drug-likeness (QED) is 0.480. The van der Waals surface area contributed by atoms with Crippen molar-refractivity contribution < 1.29 is 45.4 Å². The Morgan fingerprint density at radius 3 is 2.25 bits per heavy atom. The molecule has 3 rings (SSSR count). The number of amides is 1. The lowest BCUT2D eigenvalue weighted by Gasteiger charge is -2.41. The third-order valence-corrected chi connectivity index (χ3v) is 5.72. The lowest BCUT2D eigenvalue weighted by atomic mass is 9.91. The number of carbonyl (C=O) groups is 1. The molecule has 2 aromatic carbocycles. The highest BCUT2D eigenvalue weighted by Crippen LogP contribution is 2.54. The number of halogens is 7. The first-order valence-corrected chi connectivity index (χ1v) is 10.8. The van der Waals surface area contributed by atoms with Crippen molar-refractivity contribution in [3.8, 4) is 5.75 Å². The van der Waals surface area contributed by atoms with Crippen molar-refractivity contribution in [3.63, 3.8) is 0 Å². The van der Waals surface area contributed by atoms with Crippen molar-refractivity contribution in [1.29, 1.82) is 0 Å². The minimum Gasteiger partial charge on any atom is -0.483 e. The molecule has 0 bridgehead atoms. The van der Waals surface area contributed by atoms with Gasteiger partial charge in [-0.2, -0.15) is 40.8 Å². The first-order valence-electron chi connectivity index (χ1n) is 10.8. The number of rotatable bonds is 7. The van der Waals surface area contributed by atoms with E-state index in [1.807, 2.05) is 13.8 Å². The van der Waals surface area contributed by atoms with Crippen LogP contribution in [-0.4, -0.2) is 52.1 Å². The molecule has 5 nitrogen and oxygen atoms in total. The van der Waals surface area contributed by atoms with Crippen LogP contribution in [0.4, 0.5) is 30.7 Å². The molecule has 1 amide bonds. The monoisotopic (exact) mass is 520 g/mol. The van der Waals surface area contributed by atoms with Crippen LogP contribution in [0.25, 0.3) is 0 Å². The molecular weight excluding hydrogens is 497 g/mol. The van der Waals surface area contributed by atoms with E-state index in [9.17, 15) is 40.6 Å². The van der Waals surface area contributed by atoms with E-state index in [2.05, 4.69) is 5.10 Å². The second kappa shape index (κ2) is 9.38. The number of hydrogen-bond acceptors (Lipinski definition) is 4. The molecule has 1 heterocycles. The van der Waals surface area contributed by atoms with Crippen LogP contribution in [0.3, 0.4) is 0 Å². The van der Waals surface area contributed by atoms with Crippen LogP contribution < -0.4 is 4.74 Å². The lowest BCUT2D eigenvalue weighted by Crippen LogP contribution is -2.69. The fourth-order valence-corrected chi connectivity index (χ4v) is 3.72. The second-order valence-corrected chi connectivity index (χ2v) is 8.74. The fourth-order valence-electron chi connectivity index (χ4n) is 3.72. The van der Waals surface area contributed by atoms with Gasteiger partial charge in [0.2, 0.25) is 5.72 Å². The number of benzene rings is 2. The normalized spacial score (nSPS) is 19.0. The molecule has 0 spiro atoms. The van der Waals surface area contributed by atoms with Crippen LogP contribution in [0, 0.1) is 6.92 Å². The van der Waals surface area contributed by atoms with Gasteiger partial charge in [-0.3, -0.25) is 4.79 Å². The third-order valence-electron chi connectivity index (χ3n) is 5.72. The number of carbonyl (C=O) groups excluding carboxylic acids is 1. The van der Waals surface area contributed by atoms with Gasteiger partial charge in [0.15, 0.2) is 6.61 Å². The van der Waals surface area contributed by atoms with Gasteiger partial charge in [0, 0.05) is 6.42 Å². The number of aryl methyl sites for hydroxylation is 1. The summed E-state index contributed by atoms with van der Waals surface area (Å²) in [6, 6.07) is 12.0. The largest absolute Gasteiger partial charge is 0.483 e. The van der Waals surface area contributed by atoms with Gasteiger partial charge in [0.05, 0.1) is 5.71 Å². The molecule has 1 N–H and O–H groups in total. The molecule has 0 aliphatic carbocycles. The number of hydrogen-bond donors (Lipinski definition) is 1. The van der Waals surface area contributed by atoms with Crippen LogP contribution in [0.15, 0.2) is 53.6 Å². The molecule has 36 heavy (non-hydrogen) atoms. The standard InChI is InChI=1S/C24H23F7N2O3/c1-14(2)17-10-9-15(3)11-19(17)36-13-20(34)33-21(35,22(25,26)23(27,28)24(29,30)31)12-18(32-33)16-7-5-4-6-8-16/h4-11,14,35H,12-13H2,1-3H3/t21-/m1/s1. The van der Waals surface area contributed by atoms with Gasteiger partial charge < -0.3 is 9.84 Å². The fraction of sp³-hybridized carbons (Fsp3) is 0.417. The van der Waals surface area contributed by atoms with Crippen molar-refractivity contribution in [2.24, 2.45) is 5.10 Å². The van der Waals surface area contributed by atoms with E-state index in [0.717, 1.165) is 5.56 Å². The Morgan fingerprint density at radius 1 is 1.08 bits per heavy atom. The van der Waals surface area contributed by atoms with Crippen molar-refractivity contribution >= 4 is 11.6 Å². The van der Waals surface area contributed by atoms with E-state index < -0.39 is 53.4 Å². The highest BCUT2D eigenvalue weighted by Gasteiger charge is 2.82. The van der Waals surface area contributed by atoms with E-state index in [0.29, 0.717) is 5.56 Å². The molecule has 2 aromatic rings. The molecule has 1 aliphatic heterocycles. The summed E-state index contributed by atoms with van der Waals surface area (Å²) in [4.78, 5) is 12.9. The van der Waals surface area contributed by atoms with E-state index in [-0.39, 0.29) is 17.2 Å². The first-order chi connectivity index (χ1) is 16.5. The summed E-state index contributed by atoms with van der Waals surface area (Å²) >= 11 is 0.